The third-order valence-corrected chi connectivity index (χ3v) is 3.74. The SMILES string of the molecule is CC(C)O[C@H](c1ncc(Cl)cn1)[C@H](C)S(N)(=O)=O. The zero-order valence-corrected chi connectivity index (χ0v) is 11.9. The number of halogens is 1. The minimum Gasteiger partial charge on any atom is -0.366 e. The fourth-order valence-electron chi connectivity index (χ4n) is 1.32. The predicted octanol–water partition coefficient (Wildman–Crippen LogP) is 1.27. The quantitative estimate of drug-likeness (QED) is 0.882. The molecular weight excluding hydrogens is 278 g/mol. The van der Waals surface area contributed by atoms with Crippen LogP contribution in [0.15, 0.2) is 12.4 Å². The van der Waals surface area contributed by atoms with Gasteiger partial charge in [0, 0.05) is 12.4 Å². The molecule has 0 aliphatic rings. The van der Waals surface area contributed by atoms with E-state index in [1.54, 1.807) is 13.8 Å². The van der Waals surface area contributed by atoms with Gasteiger partial charge in [0.2, 0.25) is 10.0 Å². The Labute approximate surface area is 112 Å². The zero-order valence-electron chi connectivity index (χ0n) is 10.4. The molecule has 0 bridgehead atoms. The molecule has 0 aromatic carbocycles. The van der Waals surface area contributed by atoms with Gasteiger partial charge in [-0.1, -0.05) is 11.6 Å². The van der Waals surface area contributed by atoms with Gasteiger partial charge in [-0.15, -0.1) is 0 Å². The van der Waals surface area contributed by atoms with Crippen molar-refractivity contribution in [2.45, 2.75) is 38.2 Å². The molecule has 0 aliphatic heterocycles. The van der Waals surface area contributed by atoms with E-state index in [-0.39, 0.29) is 11.9 Å². The largest absolute Gasteiger partial charge is 0.366 e. The molecule has 0 saturated heterocycles. The summed E-state index contributed by atoms with van der Waals surface area (Å²) in [5.41, 5.74) is 0. The molecule has 102 valence electrons. The van der Waals surface area contributed by atoms with Crippen molar-refractivity contribution < 1.29 is 13.2 Å². The minimum absolute atomic E-state index is 0.182. The average molecular weight is 294 g/mol. The second kappa shape index (κ2) is 5.92. The molecular formula is C10H16ClN3O3S. The Morgan fingerprint density at radius 1 is 1.28 bits per heavy atom. The number of nitrogens with two attached hydrogens (primary N) is 1. The third-order valence-electron chi connectivity index (χ3n) is 2.26. The lowest BCUT2D eigenvalue weighted by Crippen LogP contribution is -2.34. The van der Waals surface area contributed by atoms with E-state index < -0.39 is 21.4 Å². The number of primary sulfonamides is 1. The van der Waals surface area contributed by atoms with Crippen LogP contribution in [0.5, 0.6) is 0 Å². The lowest BCUT2D eigenvalue weighted by Gasteiger charge is -2.23. The highest BCUT2D eigenvalue weighted by Gasteiger charge is 2.31. The molecule has 0 unspecified atom stereocenters. The maximum atomic E-state index is 11.4. The summed E-state index contributed by atoms with van der Waals surface area (Å²) in [5, 5.41) is 4.56. The monoisotopic (exact) mass is 293 g/mol. The van der Waals surface area contributed by atoms with E-state index in [4.69, 9.17) is 21.5 Å². The molecule has 6 nitrogen and oxygen atoms in total. The van der Waals surface area contributed by atoms with E-state index in [2.05, 4.69) is 9.97 Å². The number of aromatic nitrogens is 2. The summed E-state index contributed by atoms with van der Waals surface area (Å²) in [7, 11) is -3.74. The van der Waals surface area contributed by atoms with Gasteiger partial charge in [0.1, 0.15) is 11.4 Å². The Hall–Kier alpha value is -0.760. The summed E-state index contributed by atoms with van der Waals surface area (Å²) < 4.78 is 28.4. The van der Waals surface area contributed by atoms with Crippen LogP contribution in [-0.4, -0.2) is 29.7 Å². The molecule has 2 N–H and O–H groups in total. The molecule has 8 heteroatoms. The number of hydrogen-bond acceptors (Lipinski definition) is 5. The number of ether oxygens (including phenoxy) is 1. The zero-order chi connectivity index (χ0) is 13.9. The fourth-order valence-corrected chi connectivity index (χ4v) is 1.94. The first kappa shape index (κ1) is 15.3. The maximum absolute atomic E-state index is 11.4. The Kier molecular flexibility index (Phi) is 5.03. The molecule has 0 fully saturated rings. The number of sulfonamides is 1. The van der Waals surface area contributed by atoms with Crippen LogP contribution < -0.4 is 5.14 Å². The van der Waals surface area contributed by atoms with Crippen molar-refractivity contribution in [3.63, 3.8) is 0 Å². The van der Waals surface area contributed by atoms with E-state index in [0.29, 0.717) is 5.02 Å². The Bertz CT molecular complexity index is 490. The van der Waals surface area contributed by atoms with Gasteiger partial charge in [-0.3, -0.25) is 0 Å². The first-order chi connectivity index (χ1) is 8.21. The van der Waals surface area contributed by atoms with Crippen molar-refractivity contribution >= 4 is 21.6 Å². The van der Waals surface area contributed by atoms with Crippen molar-refractivity contribution in [2.75, 3.05) is 0 Å². The number of hydrogen-bond donors (Lipinski definition) is 1. The summed E-state index contributed by atoms with van der Waals surface area (Å²) >= 11 is 5.68. The summed E-state index contributed by atoms with van der Waals surface area (Å²) in [5.74, 6) is 0.245. The van der Waals surface area contributed by atoms with Gasteiger partial charge in [-0.05, 0) is 20.8 Å². The van der Waals surface area contributed by atoms with Crippen LogP contribution in [-0.2, 0) is 14.8 Å². The number of nitrogens with zero attached hydrogens (tertiary/aromatic N) is 2. The van der Waals surface area contributed by atoms with Gasteiger partial charge < -0.3 is 4.74 Å². The lowest BCUT2D eigenvalue weighted by atomic mass is 10.2. The van der Waals surface area contributed by atoms with Gasteiger partial charge in [-0.25, -0.2) is 23.5 Å². The highest BCUT2D eigenvalue weighted by Crippen LogP contribution is 2.24. The van der Waals surface area contributed by atoms with Crippen LogP contribution in [0.2, 0.25) is 5.02 Å². The van der Waals surface area contributed by atoms with Crippen molar-refractivity contribution in [3.05, 3.63) is 23.2 Å². The molecule has 1 aromatic rings. The normalized spacial score (nSPS) is 15.7. The van der Waals surface area contributed by atoms with Crippen LogP contribution in [0, 0.1) is 0 Å². The van der Waals surface area contributed by atoms with Crippen molar-refractivity contribution in [3.8, 4) is 0 Å². The summed E-state index contributed by atoms with van der Waals surface area (Å²) in [4.78, 5) is 7.96. The molecule has 0 amide bonds. The van der Waals surface area contributed by atoms with E-state index in [1.165, 1.54) is 19.3 Å². The Balaban J connectivity index is 3.09. The van der Waals surface area contributed by atoms with Crippen LogP contribution in [0.1, 0.15) is 32.7 Å². The van der Waals surface area contributed by atoms with Crippen molar-refractivity contribution in [1.82, 2.24) is 9.97 Å². The van der Waals surface area contributed by atoms with Crippen LogP contribution >= 0.6 is 11.6 Å². The molecule has 1 rings (SSSR count). The lowest BCUT2D eigenvalue weighted by molar-refractivity contribution is 0.00146. The molecule has 0 aliphatic carbocycles. The predicted molar refractivity (Wildman–Crippen MR) is 68.6 cm³/mol. The Morgan fingerprint density at radius 2 is 1.78 bits per heavy atom. The highest BCUT2D eigenvalue weighted by molar-refractivity contribution is 7.89. The first-order valence-electron chi connectivity index (χ1n) is 5.36. The van der Waals surface area contributed by atoms with E-state index >= 15 is 0 Å². The first-order valence-corrected chi connectivity index (χ1v) is 7.35. The van der Waals surface area contributed by atoms with Crippen LogP contribution in [0.3, 0.4) is 0 Å². The second-order valence-electron chi connectivity index (χ2n) is 4.16. The standard InChI is InChI=1S/C10H16ClN3O3S/c1-6(2)17-9(7(3)18(12,15)16)10-13-4-8(11)5-14-10/h4-7,9H,1-3H3,(H2,12,15,16)/t7-,9-/m0/s1. The smallest absolute Gasteiger partial charge is 0.214 e. The average Bonchev–Trinajstić information content (AvgIpc) is 2.25. The topological polar surface area (TPSA) is 95.2 Å². The molecule has 0 spiro atoms. The molecule has 0 radical (unpaired) electrons. The molecule has 2 atom stereocenters. The van der Waals surface area contributed by atoms with E-state index in [0.717, 1.165) is 0 Å². The molecule has 1 heterocycles. The second-order valence-corrected chi connectivity index (χ2v) is 6.52. The minimum atomic E-state index is -3.74. The molecule has 18 heavy (non-hydrogen) atoms. The highest BCUT2D eigenvalue weighted by atomic mass is 35.5. The summed E-state index contributed by atoms with van der Waals surface area (Å²) in [6, 6.07) is 0. The van der Waals surface area contributed by atoms with Gasteiger partial charge in [-0.2, -0.15) is 0 Å². The maximum Gasteiger partial charge on any atom is 0.214 e. The molecule has 0 saturated carbocycles. The summed E-state index contributed by atoms with van der Waals surface area (Å²) in [6.07, 6.45) is 1.77. The van der Waals surface area contributed by atoms with Gasteiger partial charge >= 0.3 is 0 Å². The van der Waals surface area contributed by atoms with E-state index in [1.807, 2.05) is 0 Å². The number of rotatable bonds is 5. The van der Waals surface area contributed by atoms with Crippen molar-refractivity contribution in [2.24, 2.45) is 5.14 Å². The van der Waals surface area contributed by atoms with Crippen molar-refractivity contribution in [1.29, 1.82) is 0 Å². The summed E-state index contributed by atoms with van der Waals surface area (Å²) in [6.45, 7) is 5.04. The van der Waals surface area contributed by atoms with Gasteiger partial charge in [0.15, 0.2) is 5.82 Å². The Morgan fingerprint density at radius 3 is 2.17 bits per heavy atom. The fraction of sp³-hybridized carbons (Fsp3) is 0.600. The third kappa shape index (κ3) is 4.16. The van der Waals surface area contributed by atoms with Gasteiger partial charge in [0.25, 0.3) is 0 Å². The van der Waals surface area contributed by atoms with Crippen LogP contribution in [0.4, 0.5) is 0 Å². The van der Waals surface area contributed by atoms with Gasteiger partial charge in [0.05, 0.1) is 11.1 Å². The molecule has 1 aromatic heterocycles. The van der Waals surface area contributed by atoms with E-state index in [9.17, 15) is 8.42 Å². The van der Waals surface area contributed by atoms with Crippen LogP contribution in [0.25, 0.3) is 0 Å².